The molecular weight excluding hydrogens is 728 g/mol. The van der Waals surface area contributed by atoms with E-state index >= 15 is 0 Å². The summed E-state index contributed by atoms with van der Waals surface area (Å²) in [6, 6.07) is 9.44. The Bertz CT molecular complexity index is 1190. The fourth-order valence-corrected chi connectivity index (χ4v) is 6.98. The Balaban J connectivity index is 1.73. The summed E-state index contributed by atoms with van der Waals surface area (Å²) < 4.78 is 55.2. The van der Waals surface area contributed by atoms with Gasteiger partial charge in [-0.3, -0.25) is 13.6 Å². The van der Waals surface area contributed by atoms with Crippen LogP contribution < -0.4 is 5.32 Å². The van der Waals surface area contributed by atoms with Gasteiger partial charge in [0.05, 0.1) is 13.2 Å². The van der Waals surface area contributed by atoms with Gasteiger partial charge in [-0.05, 0) is 24.8 Å². The number of aliphatic hydroxyl groups is 4. The van der Waals surface area contributed by atoms with E-state index in [0.717, 1.165) is 82.6 Å². The predicted octanol–water partition coefficient (Wildman–Crippen LogP) is 3.45. The van der Waals surface area contributed by atoms with Gasteiger partial charge in [0.1, 0.15) is 49.3 Å². The molecule has 0 aliphatic heterocycles. The lowest BCUT2D eigenvalue weighted by molar-refractivity contribution is -0.216. The number of nitrogens with one attached hydrogen (secondary N) is 1. The molecule has 1 aromatic rings. The van der Waals surface area contributed by atoms with Crippen molar-refractivity contribution in [1.29, 1.82) is 0 Å². The first-order chi connectivity index (χ1) is 24.7. The molecule has 1 unspecified atom stereocenters. The van der Waals surface area contributed by atoms with Crippen LogP contribution >= 0.6 is 15.6 Å². The number of carbonyl (C=O) groups is 1. The normalized spacial score (nSPS) is 23.9. The quantitative estimate of drug-likeness (QED) is 0.0447. The van der Waals surface area contributed by atoms with Crippen molar-refractivity contribution in [3.8, 4) is 0 Å². The average Bonchev–Trinajstić information content (AvgIpc) is 3.10. The number of benzene rings is 1. The maximum Gasteiger partial charge on any atom is 0.472 e. The van der Waals surface area contributed by atoms with Gasteiger partial charge in [0.2, 0.25) is 0 Å². The Labute approximate surface area is 305 Å². The van der Waals surface area contributed by atoms with E-state index in [-0.39, 0.29) is 13.2 Å². The van der Waals surface area contributed by atoms with E-state index in [1.54, 1.807) is 0 Å². The largest absolute Gasteiger partial charge is 0.472 e. The van der Waals surface area contributed by atoms with Crippen molar-refractivity contribution in [2.45, 2.75) is 133 Å². The van der Waals surface area contributed by atoms with Crippen LogP contribution in [0.4, 0.5) is 4.79 Å². The number of aliphatic hydroxyl groups excluding tert-OH is 4. The molecule has 0 saturated heterocycles. The van der Waals surface area contributed by atoms with Crippen molar-refractivity contribution in [1.82, 2.24) is 5.32 Å². The number of carbonyl (C=O) groups excluding carboxylic acids is 1. The molecule has 52 heavy (non-hydrogen) atoms. The standard InChI is InChI=1S/C33H59NO16P2/c1-2-3-4-5-10-16-21-46-26(23-45-20-15-9-7-6-8-14-19-34-33(39)47-22-25-17-12-11-13-18-25)24-48-52(43,44)50-32-29(37)27(35)28(36)31(30(32)38)49-51(40,41)42/h11-13,17-18,26-32,35-38H,2-10,14-16,19-24H2,1H3,(H,34,39)(H,43,44)(H2,40,41,42)/t26-,27+,28+,29-,30-,31-,32+/m1/s1. The second-order valence-electron chi connectivity index (χ2n) is 12.8. The maximum absolute atomic E-state index is 12.8. The van der Waals surface area contributed by atoms with Gasteiger partial charge < -0.3 is 54.6 Å². The highest BCUT2D eigenvalue weighted by Crippen LogP contribution is 2.49. The number of phosphoric ester groups is 2. The third-order valence-electron chi connectivity index (χ3n) is 8.34. The summed E-state index contributed by atoms with van der Waals surface area (Å²) in [5.41, 5.74) is 0.922. The molecular formula is C33H59NO16P2. The Morgan fingerprint density at radius 2 is 1.31 bits per heavy atom. The molecule has 302 valence electrons. The van der Waals surface area contributed by atoms with Crippen molar-refractivity contribution in [3.63, 3.8) is 0 Å². The highest BCUT2D eigenvalue weighted by atomic mass is 31.2. The fraction of sp³-hybridized carbons (Fsp3) is 0.788. The number of alkyl carbamates (subject to hydrolysis) is 1. The Morgan fingerprint density at radius 1 is 0.731 bits per heavy atom. The van der Waals surface area contributed by atoms with E-state index in [1.165, 1.54) is 0 Å². The Hall–Kier alpha value is -1.53. The molecule has 1 aliphatic rings. The molecule has 2 rings (SSSR count). The van der Waals surface area contributed by atoms with Crippen LogP contribution in [0.1, 0.15) is 89.5 Å². The molecule has 8 atom stereocenters. The van der Waals surface area contributed by atoms with Crippen molar-refractivity contribution in [2.75, 3.05) is 33.0 Å². The monoisotopic (exact) mass is 787 g/mol. The molecule has 1 amide bonds. The third-order valence-corrected chi connectivity index (χ3v) is 9.84. The molecule has 0 heterocycles. The van der Waals surface area contributed by atoms with Crippen molar-refractivity contribution in [2.24, 2.45) is 0 Å². The van der Waals surface area contributed by atoms with E-state index < -0.39 is 71.1 Å². The molecule has 8 N–H and O–H groups in total. The molecule has 1 aliphatic carbocycles. The van der Waals surface area contributed by atoms with E-state index in [2.05, 4.69) is 16.8 Å². The molecule has 1 saturated carbocycles. The van der Waals surface area contributed by atoms with Crippen LogP contribution in [-0.4, -0.2) is 117 Å². The number of unbranched alkanes of at least 4 members (excludes halogenated alkanes) is 10. The molecule has 0 aromatic heterocycles. The SMILES string of the molecule is CCCCCCCCO[C@H](COCCCCCCCCNC(=O)OCc1ccccc1)COP(=O)(O)O[C@@H]1[C@H](O)[C@H](OP(=O)(O)O)[C@@H](O)[C@H](O)[C@H]1O. The number of phosphoric acid groups is 2. The number of rotatable bonds is 28. The zero-order chi connectivity index (χ0) is 38.4. The first kappa shape index (κ1) is 46.6. The summed E-state index contributed by atoms with van der Waals surface area (Å²) in [5, 5.41) is 43.7. The lowest BCUT2D eigenvalue weighted by Gasteiger charge is -2.43. The van der Waals surface area contributed by atoms with E-state index in [4.69, 9.17) is 33.0 Å². The van der Waals surface area contributed by atoms with Gasteiger partial charge in [0.15, 0.2) is 0 Å². The van der Waals surface area contributed by atoms with Gasteiger partial charge in [-0.2, -0.15) is 0 Å². The van der Waals surface area contributed by atoms with Crippen LogP contribution in [0.3, 0.4) is 0 Å². The van der Waals surface area contributed by atoms with Gasteiger partial charge in [-0.25, -0.2) is 13.9 Å². The molecule has 0 radical (unpaired) electrons. The summed E-state index contributed by atoms with van der Waals surface area (Å²) in [6.07, 6.45) is -2.68. The summed E-state index contributed by atoms with van der Waals surface area (Å²) >= 11 is 0. The van der Waals surface area contributed by atoms with Gasteiger partial charge in [-0.15, -0.1) is 0 Å². The predicted molar refractivity (Wildman–Crippen MR) is 188 cm³/mol. The Morgan fingerprint density at radius 3 is 1.94 bits per heavy atom. The zero-order valence-electron chi connectivity index (χ0n) is 29.9. The fourth-order valence-electron chi connectivity index (χ4n) is 5.44. The van der Waals surface area contributed by atoms with Gasteiger partial charge in [-0.1, -0.05) is 95.0 Å². The molecule has 0 bridgehead atoms. The van der Waals surface area contributed by atoms with Crippen LogP contribution in [0.25, 0.3) is 0 Å². The second-order valence-corrected chi connectivity index (χ2v) is 15.4. The summed E-state index contributed by atoms with van der Waals surface area (Å²) in [6.45, 7) is 3.17. The number of hydrogen-bond donors (Lipinski definition) is 8. The van der Waals surface area contributed by atoms with Crippen LogP contribution in [0.5, 0.6) is 0 Å². The average molecular weight is 788 g/mol. The zero-order valence-corrected chi connectivity index (χ0v) is 31.6. The second kappa shape index (κ2) is 25.5. The number of ether oxygens (including phenoxy) is 3. The first-order valence-corrected chi connectivity index (χ1v) is 21.0. The molecule has 17 nitrogen and oxygen atoms in total. The van der Waals surface area contributed by atoms with Crippen molar-refractivity contribution in [3.05, 3.63) is 35.9 Å². The highest BCUT2D eigenvalue weighted by molar-refractivity contribution is 7.47. The number of amides is 1. The summed E-state index contributed by atoms with van der Waals surface area (Å²) in [7, 11) is -10.4. The lowest BCUT2D eigenvalue weighted by Crippen LogP contribution is -2.64. The molecule has 1 fully saturated rings. The van der Waals surface area contributed by atoms with Gasteiger partial charge in [0, 0.05) is 19.8 Å². The van der Waals surface area contributed by atoms with E-state index in [9.17, 15) is 39.2 Å². The minimum Gasteiger partial charge on any atom is -0.445 e. The van der Waals surface area contributed by atoms with E-state index in [1.807, 2.05) is 30.3 Å². The van der Waals surface area contributed by atoms with Crippen LogP contribution in [-0.2, 0) is 43.5 Å². The lowest BCUT2D eigenvalue weighted by atomic mass is 9.85. The van der Waals surface area contributed by atoms with Gasteiger partial charge in [0.25, 0.3) is 0 Å². The Kier molecular flexibility index (Phi) is 22.9. The first-order valence-electron chi connectivity index (χ1n) is 18.0. The van der Waals surface area contributed by atoms with Crippen molar-refractivity contribution >= 4 is 21.7 Å². The van der Waals surface area contributed by atoms with Crippen molar-refractivity contribution < 1.29 is 76.8 Å². The van der Waals surface area contributed by atoms with Crippen LogP contribution in [0, 0.1) is 0 Å². The van der Waals surface area contributed by atoms with Crippen LogP contribution in [0.2, 0.25) is 0 Å². The summed E-state index contributed by atoms with van der Waals surface area (Å²) in [5.74, 6) is 0. The highest BCUT2D eigenvalue weighted by Gasteiger charge is 2.54. The molecule has 1 aromatic carbocycles. The minimum absolute atomic E-state index is 0.0274. The van der Waals surface area contributed by atoms with Crippen LogP contribution in [0.15, 0.2) is 30.3 Å². The molecule has 0 spiro atoms. The smallest absolute Gasteiger partial charge is 0.445 e. The minimum atomic E-state index is -5.30. The van der Waals surface area contributed by atoms with Gasteiger partial charge >= 0.3 is 21.7 Å². The number of hydrogen-bond acceptors (Lipinski definition) is 13. The summed E-state index contributed by atoms with van der Waals surface area (Å²) in [4.78, 5) is 40.4. The maximum atomic E-state index is 12.8. The third kappa shape index (κ3) is 19.7. The van der Waals surface area contributed by atoms with E-state index in [0.29, 0.717) is 19.8 Å². The topological polar surface area (TPSA) is 260 Å². The molecule has 19 heteroatoms.